The molecule has 33 heavy (non-hydrogen) atoms. The smallest absolute Gasteiger partial charge is 0.224 e. The van der Waals surface area contributed by atoms with Gasteiger partial charge in [0.05, 0.1) is 18.4 Å². The molecule has 1 fully saturated rings. The van der Waals surface area contributed by atoms with Crippen molar-refractivity contribution in [2.45, 2.75) is 51.8 Å². The predicted molar refractivity (Wildman–Crippen MR) is 126 cm³/mol. The Morgan fingerprint density at radius 2 is 2.06 bits per heavy atom. The quantitative estimate of drug-likeness (QED) is 0.547. The van der Waals surface area contributed by atoms with Crippen LogP contribution in [0.5, 0.6) is 0 Å². The summed E-state index contributed by atoms with van der Waals surface area (Å²) in [6.07, 6.45) is 8.38. The summed E-state index contributed by atoms with van der Waals surface area (Å²) in [5.74, 6) is 0.777. The topological polar surface area (TPSA) is 85.2 Å². The highest BCUT2D eigenvalue weighted by Gasteiger charge is 2.25. The summed E-state index contributed by atoms with van der Waals surface area (Å²) in [4.78, 5) is 22.9. The van der Waals surface area contributed by atoms with Crippen LogP contribution in [0.25, 0.3) is 11.1 Å². The van der Waals surface area contributed by atoms with E-state index in [2.05, 4.69) is 20.4 Å². The Hall–Kier alpha value is -2.97. The third-order valence-corrected chi connectivity index (χ3v) is 6.39. The van der Waals surface area contributed by atoms with Crippen molar-refractivity contribution in [2.24, 2.45) is 0 Å². The van der Waals surface area contributed by atoms with E-state index in [1.54, 1.807) is 0 Å². The molecule has 0 saturated carbocycles. The van der Waals surface area contributed by atoms with Crippen molar-refractivity contribution >= 4 is 29.0 Å². The van der Waals surface area contributed by atoms with Crippen LogP contribution in [-0.4, -0.2) is 43.7 Å². The second-order valence-corrected chi connectivity index (χ2v) is 8.76. The standard InChI is InChI=1S/C24H27ClN6O2/c1-2-21(32)30-11-10-20-19(15-30)23(29-24(25)28-20)27-18-8-6-16(7-9-18)17-13-26-31(14-17)22-5-3-4-12-33-22/h6-9,13-14,22H,2-5,10-12,15H2,1H3,(H,27,28,29). The molecule has 0 bridgehead atoms. The normalized spacial score (nSPS) is 18.1. The summed E-state index contributed by atoms with van der Waals surface area (Å²) in [7, 11) is 0. The fourth-order valence-electron chi connectivity index (χ4n) is 4.38. The first-order valence-electron chi connectivity index (χ1n) is 11.5. The first-order chi connectivity index (χ1) is 16.1. The maximum absolute atomic E-state index is 12.2. The third-order valence-electron chi connectivity index (χ3n) is 6.22. The number of anilines is 2. The average molecular weight is 467 g/mol. The van der Waals surface area contributed by atoms with Gasteiger partial charge in [-0.25, -0.2) is 14.6 Å². The minimum absolute atomic E-state index is 0.0290. The maximum atomic E-state index is 12.2. The van der Waals surface area contributed by atoms with Gasteiger partial charge in [-0.3, -0.25) is 4.79 Å². The number of nitrogens with zero attached hydrogens (tertiary/aromatic N) is 5. The van der Waals surface area contributed by atoms with E-state index in [4.69, 9.17) is 16.3 Å². The van der Waals surface area contributed by atoms with E-state index in [0.29, 0.717) is 31.7 Å². The third kappa shape index (κ3) is 4.72. The van der Waals surface area contributed by atoms with Gasteiger partial charge in [-0.15, -0.1) is 0 Å². The molecule has 0 radical (unpaired) electrons. The predicted octanol–water partition coefficient (Wildman–Crippen LogP) is 4.73. The van der Waals surface area contributed by atoms with Gasteiger partial charge in [0, 0.05) is 49.0 Å². The summed E-state index contributed by atoms with van der Waals surface area (Å²) in [5, 5.41) is 8.09. The first-order valence-corrected chi connectivity index (χ1v) is 11.8. The van der Waals surface area contributed by atoms with Crippen molar-refractivity contribution in [3.63, 3.8) is 0 Å². The first kappa shape index (κ1) is 21.9. The molecule has 0 aliphatic carbocycles. The molecular formula is C24H27ClN6O2. The molecule has 1 N–H and O–H groups in total. The zero-order valence-electron chi connectivity index (χ0n) is 18.6. The molecule has 1 saturated heterocycles. The number of hydrogen-bond acceptors (Lipinski definition) is 6. The number of hydrogen-bond donors (Lipinski definition) is 1. The maximum Gasteiger partial charge on any atom is 0.224 e. The molecule has 2 aliphatic rings. The van der Waals surface area contributed by atoms with E-state index in [0.717, 1.165) is 47.5 Å². The lowest BCUT2D eigenvalue weighted by molar-refractivity contribution is -0.131. The highest BCUT2D eigenvalue weighted by molar-refractivity contribution is 6.28. The van der Waals surface area contributed by atoms with Gasteiger partial charge in [0.1, 0.15) is 12.0 Å². The van der Waals surface area contributed by atoms with E-state index in [9.17, 15) is 4.79 Å². The SMILES string of the molecule is CCC(=O)N1CCc2nc(Cl)nc(Nc3ccc(-c4cnn(C5CCCCO5)c4)cc3)c2C1. The van der Waals surface area contributed by atoms with Crippen LogP contribution in [-0.2, 0) is 22.5 Å². The molecule has 4 heterocycles. The van der Waals surface area contributed by atoms with Gasteiger partial charge < -0.3 is 15.0 Å². The lowest BCUT2D eigenvalue weighted by Crippen LogP contribution is -2.36. The number of fused-ring (bicyclic) bond motifs is 1. The molecular weight excluding hydrogens is 440 g/mol. The molecule has 3 aromatic rings. The summed E-state index contributed by atoms with van der Waals surface area (Å²) in [6.45, 7) is 3.81. The monoisotopic (exact) mass is 466 g/mol. The molecule has 9 heteroatoms. The van der Waals surface area contributed by atoms with Crippen molar-refractivity contribution in [1.29, 1.82) is 0 Å². The van der Waals surface area contributed by atoms with E-state index < -0.39 is 0 Å². The summed E-state index contributed by atoms with van der Waals surface area (Å²) < 4.78 is 7.74. The summed E-state index contributed by atoms with van der Waals surface area (Å²) in [6, 6.07) is 8.11. The summed E-state index contributed by atoms with van der Waals surface area (Å²) in [5.41, 5.74) is 4.83. The number of carbonyl (C=O) groups excluding carboxylic acids is 1. The minimum atomic E-state index is 0.0290. The second-order valence-electron chi connectivity index (χ2n) is 8.42. The Labute approximate surface area is 197 Å². The lowest BCUT2D eigenvalue weighted by Gasteiger charge is -2.29. The molecule has 8 nitrogen and oxygen atoms in total. The van der Waals surface area contributed by atoms with Crippen molar-refractivity contribution in [3.8, 4) is 11.1 Å². The van der Waals surface area contributed by atoms with E-state index in [-0.39, 0.29) is 17.4 Å². The number of rotatable bonds is 5. The Bertz CT molecular complexity index is 1140. The van der Waals surface area contributed by atoms with Crippen LogP contribution >= 0.6 is 11.6 Å². The molecule has 172 valence electrons. The van der Waals surface area contributed by atoms with Gasteiger partial charge in [0.15, 0.2) is 0 Å². The number of ether oxygens (including phenoxy) is 1. The minimum Gasteiger partial charge on any atom is -0.357 e. The van der Waals surface area contributed by atoms with Crippen molar-refractivity contribution in [3.05, 3.63) is 53.2 Å². The van der Waals surface area contributed by atoms with Crippen molar-refractivity contribution in [1.82, 2.24) is 24.6 Å². The van der Waals surface area contributed by atoms with Crippen LogP contribution in [0.2, 0.25) is 5.28 Å². The van der Waals surface area contributed by atoms with Crippen LogP contribution in [0.4, 0.5) is 11.5 Å². The molecule has 5 rings (SSSR count). The number of aromatic nitrogens is 4. The Balaban J connectivity index is 1.33. The molecule has 1 unspecified atom stereocenters. The largest absolute Gasteiger partial charge is 0.357 e. The van der Waals surface area contributed by atoms with E-state index in [1.165, 1.54) is 6.42 Å². The molecule has 1 atom stereocenters. The number of nitrogens with one attached hydrogen (secondary N) is 1. The van der Waals surface area contributed by atoms with Gasteiger partial charge in [-0.05, 0) is 48.6 Å². The van der Waals surface area contributed by atoms with Crippen LogP contribution in [0, 0.1) is 0 Å². The average Bonchev–Trinajstić information content (AvgIpc) is 3.35. The Morgan fingerprint density at radius 3 is 2.82 bits per heavy atom. The van der Waals surface area contributed by atoms with Gasteiger partial charge in [0.2, 0.25) is 11.2 Å². The van der Waals surface area contributed by atoms with Crippen LogP contribution in [0.15, 0.2) is 36.7 Å². The number of benzene rings is 1. The Morgan fingerprint density at radius 1 is 1.21 bits per heavy atom. The fourth-order valence-corrected chi connectivity index (χ4v) is 4.57. The zero-order valence-corrected chi connectivity index (χ0v) is 19.4. The Kier molecular flexibility index (Phi) is 6.28. The van der Waals surface area contributed by atoms with Gasteiger partial charge in [-0.1, -0.05) is 19.1 Å². The van der Waals surface area contributed by atoms with E-state index >= 15 is 0 Å². The van der Waals surface area contributed by atoms with E-state index in [1.807, 2.05) is 53.2 Å². The molecule has 0 spiro atoms. The highest BCUT2D eigenvalue weighted by Crippen LogP contribution is 2.30. The molecule has 1 aromatic carbocycles. The molecule has 1 amide bonds. The van der Waals surface area contributed by atoms with Crippen LogP contribution in [0.3, 0.4) is 0 Å². The molecule has 2 aliphatic heterocycles. The number of amides is 1. The highest BCUT2D eigenvalue weighted by atomic mass is 35.5. The van der Waals surface area contributed by atoms with Gasteiger partial charge in [0.25, 0.3) is 0 Å². The van der Waals surface area contributed by atoms with Crippen molar-refractivity contribution in [2.75, 3.05) is 18.5 Å². The lowest BCUT2D eigenvalue weighted by atomic mass is 10.1. The number of carbonyl (C=O) groups is 1. The van der Waals surface area contributed by atoms with Crippen LogP contribution in [0.1, 0.15) is 50.1 Å². The summed E-state index contributed by atoms with van der Waals surface area (Å²) >= 11 is 6.18. The second kappa shape index (κ2) is 9.49. The van der Waals surface area contributed by atoms with Crippen LogP contribution < -0.4 is 5.32 Å². The fraction of sp³-hybridized carbons (Fsp3) is 0.417. The van der Waals surface area contributed by atoms with Gasteiger partial charge in [-0.2, -0.15) is 5.10 Å². The van der Waals surface area contributed by atoms with Gasteiger partial charge >= 0.3 is 0 Å². The number of halogens is 1. The molecule has 2 aromatic heterocycles. The zero-order chi connectivity index (χ0) is 22.8. The van der Waals surface area contributed by atoms with Crippen molar-refractivity contribution < 1.29 is 9.53 Å².